The Labute approximate surface area is 160 Å². The summed E-state index contributed by atoms with van der Waals surface area (Å²) >= 11 is 0. The molecule has 2 fully saturated rings. The predicted molar refractivity (Wildman–Crippen MR) is 101 cm³/mol. The number of carbonyl (C=O) groups is 2. The van der Waals surface area contributed by atoms with Gasteiger partial charge in [0, 0.05) is 65.6 Å². The van der Waals surface area contributed by atoms with Crippen molar-refractivity contribution >= 4 is 11.9 Å². The number of furan rings is 1. The monoisotopic (exact) mass is 378 g/mol. The summed E-state index contributed by atoms with van der Waals surface area (Å²) in [6.07, 6.45) is 4.44. The van der Waals surface area contributed by atoms with E-state index in [0.29, 0.717) is 24.4 Å². The molecule has 1 unspecified atom stereocenters. The molecule has 0 aliphatic carbocycles. The van der Waals surface area contributed by atoms with Gasteiger partial charge in [-0.15, -0.1) is 0 Å². The standard InChI is InChI=1S/C19H30N4O4/c1-21(2)19(25)22-9-5-16(14-22)23(15-6-12-26-13-7-15)10-8-20-18(24)17-4-3-11-27-17/h3-4,11,15-16H,5-10,12-14H2,1-2H3,(H,20,24). The molecule has 0 radical (unpaired) electrons. The second kappa shape index (κ2) is 9.23. The second-order valence-corrected chi connectivity index (χ2v) is 7.38. The van der Waals surface area contributed by atoms with Crippen LogP contribution in [0.25, 0.3) is 0 Å². The zero-order chi connectivity index (χ0) is 19.2. The van der Waals surface area contributed by atoms with E-state index in [-0.39, 0.29) is 11.9 Å². The normalized spacial score (nSPS) is 20.9. The fourth-order valence-corrected chi connectivity index (χ4v) is 3.94. The van der Waals surface area contributed by atoms with Crippen LogP contribution in [0.2, 0.25) is 0 Å². The van der Waals surface area contributed by atoms with Crippen LogP contribution in [0.1, 0.15) is 29.8 Å². The number of hydrogen-bond acceptors (Lipinski definition) is 5. The van der Waals surface area contributed by atoms with Gasteiger partial charge in [-0.2, -0.15) is 0 Å². The van der Waals surface area contributed by atoms with E-state index in [4.69, 9.17) is 9.15 Å². The first kappa shape index (κ1) is 19.7. The minimum atomic E-state index is -0.192. The van der Waals surface area contributed by atoms with E-state index < -0.39 is 0 Å². The molecule has 1 aromatic heterocycles. The molecule has 150 valence electrons. The smallest absolute Gasteiger partial charge is 0.319 e. The zero-order valence-corrected chi connectivity index (χ0v) is 16.2. The van der Waals surface area contributed by atoms with Gasteiger partial charge in [-0.1, -0.05) is 0 Å². The van der Waals surface area contributed by atoms with Gasteiger partial charge >= 0.3 is 6.03 Å². The van der Waals surface area contributed by atoms with Gasteiger partial charge in [-0.25, -0.2) is 4.79 Å². The summed E-state index contributed by atoms with van der Waals surface area (Å²) in [5.41, 5.74) is 0. The van der Waals surface area contributed by atoms with E-state index in [2.05, 4.69) is 10.2 Å². The molecule has 1 aromatic rings. The summed E-state index contributed by atoms with van der Waals surface area (Å²) < 4.78 is 10.7. The molecular weight excluding hydrogens is 348 g/mol. The van der Waals surface area contributed by atoms with E-state index in [1.165, 1.54) is 6.26 Å². The van der Waals surface area contributed by atoms with Crippen molar-refractivity contribution < 1.29 is 18.7 Å². The zero-order valence-electron chi connectivity index (χ0n) is 16.2. The molecule has 0 saturated carbocycles. The molecule has 3 heterocycles. The number of nitrogens with one attached hydrogen (secondary N) is 1. The third kappa shape index (κ3) is 5.01. The molecule has 2 saturated heterocycles. The van der Waals surface area contributed by atoms with Crippen LogP contribution >= 0.6 is 0 Å². The molecule has 3 amide bonds. The summed E-state index contributed by atoms with van der Waals surface area (Å²) in [4.78, 5) is 30.4. The average Bonchev–Trinajstić information content (AvgIpc) is 3.37. The molecule has 8 heteroatoms. The predicted octanol–water partition coefficient (Wildman–Crippen LogP) is 1.25. The van der Waals surface area contributed by atoms with E-state index in [0.717, 1.165) is 52.1 Å². The van der Waals surface area contributed by atoms with Crippen molar-refractivity contribution in [3.05, 3.63) is 24.2 Å². The Hall–Kier alpha value is -2.06. The quantitative estimate of drug-likeness (QED) is 0.806. The summed E-state index contributed by atoms with van der Waals surface area (Å²) in [6.45, 7) is 4.36. The molecule has 1 N–H and O–H groups in total. The molecule has 3 rings (SSSR count). The lowest BCUT2D eigenvalue weighted by Gasteiger charge is -2.38. The number of nitrogens with zero attached hydrogens (tertiary/aromatic N) is 3. The SMILES string of the molecule is CN(C)C(=O)N1CCC(N(CCNC(=O)c2ccco2)C2CCOCC2)C1. The maximum absolute atomic E-state index is 12.3. The van der Waals surface area contributed by atoms with E-state index in [9.17, 15) is 9.59 Å². The minimum Gasteiger partial charge on any atom is -0.459 e. The van der Waals surface area contributed by atoms with Crippen molar-refractivity contribution in [2.45, 2.75) is 31.3 Å². The van der Waals surface area contributed by atoms with Crippen molar-refractivity contribution in [1.82, 2.24) is 20.0 Å². The van der Waals surface area contributed by atoms with Gasteiger partial charge in [-0.05, 0) is 31.4 Å². The number of urea groups is 1. The van der Waals surface area contributed by atoms with Crippen molar-refractivity contribution in [2.24, 2.45) is 0 Å². The highest BCUT2D eigenvalue weighted by molar-refractivity contribution is 5.91. The Morgan fingerprint density at radius 3 is 2.67 bits per heavy atom. The first-order valence-corrected chi connectivity index (χ1v) is 9.67. The van der Waals surface area contributed by atoms with Crippen LogP contribution in [0.4, 0.5) is 4.79 Å². The lowest BCUT2D eigenvalue weighted by Crippen LogP contribution is -2.50. The second-order valence-electron chi connectivity index (χ2n) is 7.38. The third-order valence-electron chi connectivity index (χ3n) is 5.35. The van der Waals surface area contributed by atoms with E-state index >= 15 is 0 Å². The molecule has 27 heavy (non-hydrogen) atoms. The fraction of sp³-hybridized carbons (Fsp3) is 0.684. The number of hydrogen-bond donors (Lipinski definition) is 1. The van der Waals surface area contributed by atoms with Crippen molar-refractivity contribution in [3.8, 4) is 0 Å². The van der Waals surface area contributed by atoms with Crippen LogP contribution < -0.4 is 5.32 Å². The van der Waals surface area contributed by atoms with Crippen LogP contribution in [0, 0.1) is 0 Å². The molecule has 0 spiro atoms. The highest BCUT2D eigenvalue weighted by Gasteiger charge is 2.34. The third-order valence-corrected chi connectivity index (χ3v) is 5.35. The van der Waals surface area contributed by atoms with Gasteiger partial charge in [0.05, 0.1) is 6.26 Å². The summed E-state index contributed by atoms with van der Waals surface area (Å²) in [5.74, 6) is 0.138. The summed E-state index contributed by atoms with van der Waals surface area (Å²) in [6, 6.07) is 4.18. The number of ether oxygens (including phenoxy) is 1. The Morgan fingerprint density at radius 2 is 2.00 bits per heavy atom. The highest BCUT2D eigenvalue weighted by atomic mass is 16.5. The fourth-order valence-electron chi connectivity index (χ4n) is 3.94. The number of likely N-dealkylation sites (tertiary alicyclic amines) is 1. The van der Waals surface area contributed by atoms with Crippen LogP contribution in [-0.2, 0) is 4.74 Å². The molecule has 0 aromatic carbocycles. The van der Waals surface area contributed by atoms with Gasteiger partial charge in [0.25, 0.3) is 5.91 Å². The molecule has 8 nitrogen and oxygen atoms in total. The Bertz CT molecular complexity index is 613. The first-order chi connectivity index (χ1) is 13.1. The molecule has 2 aliphatic heterocycles. The Balaban J connectivity index is 1.57. The Morgan fingerprint density at radius 1 is 1.22 bits per heavy atom. The van der Waals surface area contributed by atoms with Gasteiger partial charge in [0.15, 0.2) is 5.76 Å². The maximum Gasteiger partial charge on any atom is 0.319 e. The van der Waals surface area contributed by atoms with Gasteiger partial charge < -0.3 is 24.3 Å². The summed E-state index contributed by atoms with van der Waals surface area (Å²) in [7, 11) is 3.58. The van der Waals surface area contributed by atoms with Crippen molar-refractivity contribution in [3.63, 3.8) is 0 Å². The molecule has 0 bridgehead atoms. The van der Waals surface area contributed by atoms with Gasteiger partial charge in [-0.3, -0.25) is 9.69 Å². The first-order valence-electron chi connectivity index (χ1n) is 9.67. The highest BCUT2D eigenvalue weighted by Crippen LogP contribution is 2.23. The number of carbonyl (C=O) groups excluding carboxylic acids is 2. The summed E-state index contributed by atoms with van der Waals surface area (Å²) in [5, 5.41) is 2.94. The van der Waals surface area contributed by atoms with E-state index in [1.807, 2.05) is 4.90 Å². The Kier molecular flexibility index (Phi) is 6.73. The molecule has 2 aliphatic rings. The molecular formula is C19H30N4O4. The average molecular weight is 378 g/mol. The lowest BCUT2D eigenvalue weighted by molar-refractivity contribution is 0.0187. The van der Waals surface area contributed by atoms with Crippen molar-refractivity contribution in [1.29, 1.82) is 0 Å². The topological polar surface area (TPSA) is 78.3 Å². The number of rotatable bonds is 6. The lowest BCUT2D eigenvalue weighted by atomic mass is 10.0. The molecule has 1 atom stereocenters. The largest absolute Gasteiger partial charge is 0.459 e. The number of amides is 3. The van der Waals surface area contributed by atoms with Gasteiger partial charge in [0.2, 0.25) is 0 Å². The minimum absolute atomic E-state index is 0.0653. The van der Waals surface area contributed by atoms with Crippen LogP contribution in [0.15, 0.2) is 22.8 Å². The van der Waals surface area contributed by atoms with Crippen molar-refractivity contribution in [2.75, 3.05) is 53.5 Å². The van der Waals surface area contributed by atoms with Crippen LogP contribution in [-0.4, -0.2) is 92.2 Å². The van der Waals surface area contributed by atoms with Crippen LogP contribution in [0.5, 0.6) is 0 Å². The van der Waals surface area contributed by atoms with Crippen LogP contribution in [0.3, 0.4) is 0 Å². The maximum atomic E-state index is 12.3. The van der Waals surface area contributed by atoms with E-state index in [1.54, 1.807) is 31.1 Å². The van der Waals surface area contributed by atoms with Gasteiger partial charge in [0.1, 0.15) is 0 Å².